The number of nitriles is 1. The first-order valence-electron chi connectivity index (χ1n) is 6.63. The van der Waals surface area contributed by atoms with Gasteiger partial charge < -0.3 is 11.1 Å². The number of carbonyl (C=O) groups is 1. The van der Waals surface area contributed by atoms with Crippen LogP contribution in [-0.2, 0) is 4.79 Å². The van der Waals surface area contributed by atoms with Crippen LogP contribution in [0.1, 0.15) is 37.8 Å². The number of amides is 1. The van der Waals surface area contributed by atoms with Gasteiger partial charge in [-0.05, 0) is 25.0 Å². The van der Waals surface area contributed by atoms with E-state index in [0.717, 1.165) is 32.1 Å². The molecule has 5 heteroatoms. The van der Waals surface area contributed by atoms with Crippen LogP contribution in [0, 0.1) is 17.2 Å². The van der Waals surface area contributed by atoms with E-state index in [1.165, 1.54) is 0 Å². The smallest absolute Gasteiger partial charge is 0.222 e. The van der Waals surface area contributed by atoms with E-state index in [4.69, 9.17) is 11.0 Å². The molecule has 1 aromatic heterocycles. The molecule has 1 aromatic rings. The van der Waals surface area contributed by atoms with Gasteiger partial charge in [0.2, 0.25) is 5.91 Å². The van der Waals surface area contributed by atoms with Gasteiger partial charge in [-0.25, -0.2) is 4.98 Å². The second-order valence-corrected chi connectivity index (χ2v) is 4.92. The molecule has 0 bridgehead atoms. The Bertz CT molecular complexity index is 494. The molecule has 0 aliphatic heterocycles. The molecule has 0 aromatic carbocycles. The van der Waals surface area contributed by atoms with Gasteiger partial charge in [0.1, 0.15) is 17.6 Å². The number of nitrogens with one attached hydrogen (secondary N) is 1. The van der Waals surface area contributed by atoms with Gasteiger partial charge in [-0.2, -0.15) is 5.26 Å². The van der Waals surface area contributed by atoms with Crippen LogP contribution in [0.25, 0.3) is 0 Å². The Hall–Kier alpha value is -2.09. The summed E-state index contributed by atoms with van der Waals surface area (Å²) in [6.07, 6.45) is 4.99. The van der Waals surface area contributed by atoms with Crippen molar-refractivity contribution < 1.29 is 4.79 Å². The fraction of sp³-hybridized carbons (Fsp3) is 0.500. The average Bonchev–Trinajstić information content (AvgIpc) is 2.64. The Kier molecular flexibility index (Phi) is 4.35. The summed E-state index contributed by atoms with van der Waals surface area (Å²) in [5.74, 6) is 0.225. The Morgan fingerprint density at radius 3 is 2.89 bits per heavy atom. The molecular formula is C14H18N4O. The fourth-order valence-corrected chi connectivity index (χ4v) is 2.59. The fourth-order valence-electron chi connectivity index (χ4n) is 2.59. The minimum absolute atomic E-state index is 0.0152. The molecule has 5 nitrogen and oxygen atoms in total. The molecule has 0 saturated heterocycles. The van der Waals surface area contributed by atoms with Gasteiger partial charge in [-0.1, -0.05) is 25.3 Å². The topological polar surface area (TPSA) is 91.8 Å². The van der Waals surface area contributed by atoms with Crippen LogP contribution >= 0.6 is 0 Å². The minimum Gasteiger partial charge on any atom is -0.369 e. The number of nitrogens with zero attached hydrogens (tertiary/aromatic N) is 2. The molecule has 1 aliphatic rings. The molecule has 2 rings (SSSR count). The summed E-state index contributed by atoms with van der Waals surface area (Å²) >= 11 is 0. The van der Waals surface area contributed by atoms with Crippen molar-refractivity contribution in [1.29, 1.82) is 5.26 Å². The Balaban J connectivity index is 2.14. The SMILES string of the molecule is N#Cc1cccc(NC2CCCCCC2C(N)=O)n1. The highest BCUT2D eigenvalue weighted by molar-refractivity contribution is 5.78. The lowest BCUT2D eigenvalue weighted by Crippen LogP contribution is -2.37. The molecular weight excluding hydrogens is 240 g/mol. The van der Waals surface area contributed by atoms with Crippen LogP contribution in [-0.4, -0.2) is 16.9 Å². The normalized spacial score (nSPS) is 23.1. The minimum atomic E-state index is -0.254. The number of pyridine rings is 1. The summed E-state index contributed by atoms with van der Waals surface area (Å²) in [6.45, 7) is 0. The van der Waals surface area contributed by atoms with Crippen molar-refractivity contribution in [1.82, 2.24) is 4.98 Å². The van der Waals surface area contributed by atoms with Gasteiger partial charge in [0.15, 0.2) is 0 Å². The third-order valence-electron chi connectivity index (χ3n) is 3.58. The zero-order valence-electron chi connectivity index (χ0n) is 10.8. The molecule has 2 atom stereocenters. The van der Waals surface area contributed by atoms with Gasteiger partial charge in [-0.15, -0.1) is 0 Å². The highest BCUT2D eigenvalue weighted by Crippen LogP contribution is 2.25. The molecule has 19 heavy (non-hydrogen) atoms. The van der Waals surface area contributed by atoms with E-state index in [0.29, 0.717) is 11.5 Å². The molecule has 1 amide bonds. The van der Waals surface area contributed by atoms with Crippen molar-refractivity contribution in [3.8, 4) is 6.07 Å². The van der Waals surface area contributed by atoms with E-state index < -0.39 is 0 Å². The summed E-state index contributed by atoms with van der Waals surface area (Å²) in [5.41, 5.74) is 5.85. The molecule has 1 fully saturated rings. The highest BCUT2D eigenvalue weighted by atomic mass is 16.1. The summed E-state index contributed by atoms with van der Waals surface area (Å²) in [5, 5.41) is 12.1. The van der Waals surface area contributed by atoms with E-state index >= 15 is 0 Å². The predicted octanol–water partition coefficient (Wildman–Crippen LogP) is 1.80. The molecule has 0 radical (unpaired) electrons. The van der Waals surface area contributed by atoms with Crippen LogP contribution < -0.4 is 11.1 Å². The monoisotopic (exact) mass is 258 g/mol. The lowest BCUT2D eigenvalue weighted by atomic mass is 9.94. The summed E-state index contributed by atoms with van der Waals surface area (Å²) in [7, 11) is 0. The molecule has 2 unspecified atom stereocenters. The van der Waals surface area contributed by atoms with Crippen molar-refractivity contribution in [3.63, 3.8) is 0 Å². The van der Waals surface area contributed by atoms with E-state index in [9.17, 15) is 4.79 Å². The Morgan fingerprint density at radius 1 is 1.37 bits per heavy atom. The zero-order valence-corrected chi connectivity index (χ0v) is 10.8. The first-order chi connectivity index (χ1) is 9.20. The number of nitrogens with two attached hydrogens (primary N) is 1. The lowest BCUT2D eigenvalue weighted by Gasteiger charge is -2.24. The van der Waals surface area contributed by atoms with E-state index in [1.54, 1.807) is 12.1 Å². The summed E-state index contributed by atoms with van der Waals surface area (Å²) < 4.78 is 0. The van der Waals surface area contributed by atoms with E-state index in [-0.39, 0.29) is 17.9 Å². The molecule has 1 saturated carbocycles. The Labute approximate surface area is 112 Å². The van der Waals surface area contributed by atoms with Crippen LogP contribution in [0.2, 0.25) is 0 Å². The second-order valence-electron chi connectivity index (χ2n) is 4.92. The quantitative estimate of drug-likeness (QED) is 0.808. The Morgan fingerprint density at radius 2 is 2.16 bits per heavy atom. The van der Waals surface area contributed by atoms with Crippen LogP contribution in [0.4, 0.5) is 5.82 Å². The number of carbonyl (C=O) groups excluding carboxylic acids is 1. The number of hydrogen-bond acceptors (Lipinski definition) is 4. The third kappa shape index (κ3) is 3.44. The number of aromatic nitrogens is 1. The first kappa shape index (κ1) is 13.3. The summed E-state index contributed by atoms with van der Waals surface area (Å²) in [6, 6.07) is 7.27. The second kappa shape index (κ2) is 6.19. The summed E-state index contributed by atoms with van der Waals surface area (Å²) in [4.78, 5) is 15.7. The lowest BCUT2D eigenvalue weighted by molar-refractivity contribution is -0.122. The van der Waals surface area contributed by atoms with E-state index in [2.05, 4.69) is 10.3 Å². The van der Waals surface area contributed by atoms with Gasteiger partial charge >= 0.3 is 0 Å². The van der Waals surface area contributed by atoms with Gasteiger partial charge in [0, 0.05) is 6.04 Å². The van der Waals surface area contributed by atoms with E-state index in [1.807, 2.05) is 12.1 Å². The maximum Gasteiger partial charge on any atom is 0.222 e. The average molecular weight is 258 g/mol. The molecule has 0 spiro atoms. The molecule has 100 valence electrons. The maximum atomic E-state index is 11.5. The third-order valence-corrected chi connectivity index (χ3v) is 3.58. The molecule has 1 aliphatic carbocycles. The van der Waals surface area contributed by atoms with Crippen molar-refractivity contribution in [2.24, 2.45) is 11.7 Å². The van der Waals surface area contributed by atoms with Crippen LogP contribution in [0.5, 0.6) is 0 Å². The number of anilines is 1. The van der Waals surface area contributed by atoms with Crippen molar-refractivity contribution in [3.05, 3.63) is 23.9 Å². The number of primary amides is 1. The van der Waals surface area contributed by atoms with Crippen molar-refractivity contribution in [2.45, 2.75) is 38.1 Å². The van der Waals surface area contributed by atoms with Gasteiger partial charge in [0.25, 0.3) is 0 Å². The molecule has 3 N–H and O–H groups in total. The zero-order chi connectivity index (χ0) is 13.7. The first-order valence-corrected chi connectivity index (χ1v) is 6.63. The predicted molar refractivity (Wildman–Crippen MR) is 72.1 cm³/mol. The largest absolute Gasteiger partial charge is 0.369 e. The van der Waals surface area contributed by atoms with Crippen molar-refractivity contribution in [2.75, 3.05) is 5.32 Å². The number of rotatable bonds is 3. The van der Waals surface area contributed by atoms with Gasteiger partial charge in [-0.3, -0.25) is 4.79 Å². The van der Waals surface area contributed by atoms with Crippen molar-refractivity contribution >= 4 is 11.7 Å². The molecule has 1 heterocycles. The van der Waals surface area contributed by atoms with Gasteiger partial charge in [0.05, 0.1) is 5.92 Å². The standard InChI is InChI=1S/C14H18N4O/c15-9-10-5-4-8-13(17-10)18-12-7-3-1-2-6-11(12)14(16)19/h4-5,8,11-12H,1-3,6-7H2,(H2,16,19)(H,17,18). The number of hydrogen-bond donors (Lipinski definition) is 2. The maximum absolute atomic E-state index is 11.5. The highest BCUT2D eigenvalue weighted by Gasteiger charge is 2.28. The van der Waals surface area contributed by atoms with Crippen LogP contribution in [0.15, 0.2) is 18.2 Å². The van der Waals surface area contributed by atoms with Crippen LogP contribution in [0.3, 0.4) is 0 Å².